The minimum absolute atomic E-state index is 0.0423. The Kier molecular flexibility index (Phi) is 8.16. The van der Waals surface area contributed by atoms with E-state index in [-0.39, 0.29) is 21.9 Å². The van der Waals surface area contributed by atoms with Crippen LogP contribution in [0.4, 0.5) is 0 Å². The van der Waals surface area contributed by atoms with E-state index in [1.54, 1.807) is 23.1 Å². The summed E-state index contributed by atoms with van der Waals surface area (Å²) in [5, 5.41) is 11.6. The Bertz CT molecular complexity index is 1060. The Morgan fingerprint density at radius 2 is 1.85 bits per heavy atom. The van der Waals surface area contributed by atoms with E-state index in [2.05, 4.69) is 18.7 Å². The van der Waals surface area contributed by atoms with Gasteiger partial charge in [-0.2, -0.15) is 0 Å². The summed E-state index contributed by atoms with van der Waals surface area (Å²) in [6.45, 7) is 11.1. The lowest BCUT2D eigenvalue weighted by atomic mass is 9.94. The quantitative estimate of drug-likeness (QED) is 0.323. The van der Waals surface area contributed by atoms with Crippen molar-refractivity contribution < 1.29 is 19.4 Å². The van der Waals surface area contributed by atoms with Gasteiger partial charge >= 0.3 is 0 Å². The molecule has 3 rings (SSSR count). The van der Waals surface area contributed by atoms with Crippen molar-refractivity contribution in [1.82, 2.24) is 9.80 Å². The van der Waals surface area contributed by atoms with E-state index in [1.165, 1.54) is 0 Å². The molecule has 1 N–H and O–H groups in total. The largest absolute Gasteiger partial charge is 0.507 e. The summed E-state index contributed by atoms with van der Waals surface area (Å²) >= 11 is 6.38. The number of carbonyl (C=O) groups excluding carboxylic acids is 2. The van der Waals surface area contributed by atoms with Crippen molar-refractivity contribution in [2.45, 2.75) is 33.7 Å². The number of ether oxygens (including phenoxy) is 1. The molecule has 1 amide bonds. The number of rotatable bonds is 9. The van der Waals surface area contributed by atoms with Gasteiger partial charge in [0.1, 0.15) is 11.5 Å². The van der Waals surface area contributed by atoms with Crippen molar-refractivity contribution in [3.63, 3.8) is 0 Å². The smallest absolute Gasteiger partial charge is 0.295 e. The highest BCUT2D eigenvalue weighted by Gasteiger charge is 2.46. The second kappa shape index (κ2) is 10.9. The molecule has 0 saturated carbocycles. The van der Waals surface area contributed by atoms with Crippen LogP contribution in [-0.2, 0) is 9.59 Å². The second-order valence-corrected chi connectivity index (χ2v) is 8.42. The number of ketones is 1. The lowest BCUT2D eigenvalue weighted by Crippen LogP contribution is -2.38. The number of halogens is 1. The topological polar surface area (TPSA) is 70.1 Å². The third-order valence-electron chi connectivity index (χ3n) is 5.95. The van der Waals surface area contributed by atoms with Gasteiger partial charge in [-0.15, -0.1) is 0 Å². The van der Waals surface area contributed by atoms with Crippen molar-refractivity contribution in [2.24, 2.45) is 0 Å². The Hall–Kier alpha value is -2.83. The van der Waals surface area contributed by atoms with E-state index in [0.717, 1.165) is 24.2 Å². The van der Waals surface area contributed by atoms with Crippen molar-refractivity contribution in [2.75, 3.05) is 32.8 Å². The van der Waals surface area contributed by atoms with E-state index < -0.39 is 17.7 Å². The minimum Gasteiger partial charge on any atom is -0.507 e. The molecule has 176 valence electrons. The maximum atomic E-state index is 13.2. The lowest BCUT2D eigenvalue weighted by Gasteiger charge is -2.28. The van der Waals surface area contributed by atoms with E-state index in [4.69, 9.17) is 16.3 Å². The SMILES string of the molecule is CCOc1ccc(Cl)c(/C(O)=C2\C(=O)C(=O)N(CCN(CC)CC)C2c2cccc(C)c2)c1. The highest BCUT2D eigenvalue weighted by atomic mass is 35.5. The number of likely N-dealkylation sites (N-methyl/N-ethyl adjacent to an activating group) is 1. The van der Waals surface area contributed by atoms with Gasteiger partial charge in [0, 0.05) is 18.7 Å². The maximum absolute atomic E-state index is 13.2. The van der Waals surface area contributed by atoms with Crippen LogP contribution < -0.4 is 4.74 Å². The fourth-order valence-electron chi connectivity index (χ4n) is 4.17. The van der Waals surface area contributed by atoms with E-state index in [9.17, 15) is 14.7 Å². The molecule has 0 spiro atoms. The standard InChI is InChI=1S/C26H31ClN2O4/c1-5-28(6-2)13-14-29-23(18-10-8-9-17(4)15-18)22(25(31)26(29)32)24(30)20-16-19(33-7-3)11-12-21(20)27/h8-12,15-16,23,30H,5-7,13-14H2,1-4H3/b24-22+. The molecule has 33 heavy (non-hydrogen) atoms. The fraction of sp³-hybridized carbons (Fsp3) is 0.385. The number of nitrogens with zero attached hydrogens (tertiary/aromatic N) is 2. The van der Waals surface area contributed by atoms with Gasteiger partial charge < -0.3 is 19.6 Å². The molecule has 1 heterocycles. The average Bonchev–Trinajstić information content (AvgIpc) is 3.05. The molecule has 1 aliphatic heterocycles. The molecule has 1 atom stereocenters. The number of aliphatic hydroxyl groups excluding tert-OH is 1. The number of Topliss-reactive ketones (excluding diaryl/α,β-unsaturated/α-hetero) is 1. The molecule has 0 aliphatic carbocycles. The first-order valence-corrected chi connectivity index (χ1v) is 11.7. The molecule has 1 aliphatic rings. The highest BCUT2D eigenvalue weighted by molar-refractivity contribution is 6.47. The number of aliphatic hydroxyl groups is 1. The molecule has 7 heteroatoms. The lowest BCUT2D eigenvalue weighted by molar-refractivity contribution is -0.140. The third kappa shape index (κ3) is 5.23. The Labute approximate surface area is 200 Å². The van der Waals surface area contributed by atoms with Crippen molar-refractivity contribution >= 4 is 29.1 Å². The Balaban J connectivity index is 2.14. The summed E-state index contributed by atoms with van der Waals surface area (Å²) in [7, 11) is 0. The van der Waals surface area contributed by atoms with Crippen LogP contribution in [0.1, 0.15) is 43.5 Å². The molecule has 1 unspecified atom stereocenters. The van der Waals surface area contributed by atoms with Crippen LogP contribution in [0.2, 0.25) is 5.02 Å². The first-order chi connectivity index (χ1) is 15.8. The van der Waals surface area contributed by atoms with Gasteiger partial charge in [0.2, 0.25) is 0 Å². The molecule has 2 aromatic carbocycles. The maximum Gasteiger partial charge on any atom is 0.295 e. The van der Waals surface area contributed by atoms with E-state index in [1.807, 2.05) is 38.1 Å². The van der Waals surface area contributed by atoms with Crippen molar-refractivity contribution in [1.29, 1.82) is 0 Å². The Morgan fingerprint density at radius 1 is 1.12 bits per heavy atom. The number of hydrogen-bond acceptors (Lipinski definition) is 5. The van der Waals surface area contributed by atoms with E-state index in [0.29, 0.717) is 25.4 Å². The number of benzene rings is 2. The minimum atomic E-state index is -0.712. The van der Waals surface area contributed by atoms with Crippen LogP contribution in [0.3, 0.4) is 0 Å². The monoisotopic (exact) mass is 470 g/mol. The zero-order valence-corrected chi connectivity index (χ0v) is 20.4. The molecular formula is C26H31ClN2O4. The summed E-state index contributed by atoms with van der Waals surface area (Å²) < 4.78 is 5.54. The molecule has 1 fully saturated rings. The number of amides is 1. The number of hydrogen-bond donors (Lipinski definition) is 1. The van der Waals surface area contributed by atoms with Gasteiger partial charge in [-0.1, -0.05) is 55.3 Å². The summed E-state index contributed by atoms with van der Waals surface area (Å²) in [6, 6.07) is 11.9. The number of carbonyl (C=O) groups is 2. The van der Waals surface area contributed by atoms with Gasteiger partial charge in [-0.05, 0) is 50.7 Å². The molecule has 0 radical (unpaired) electrons. The van der Waals surface area contributed by atoms with Crippen LogP contribution >= 0.6 is 11.6 Å². The van der Waals surface area contributed by atoms with Crippen LogP contribution in [-0.4, -0.2) is 59.4 Å². The molecule has 2 aromatic rings. The first kappa shape index (κ1) is 24.8. The predicted octanol–water partition coefficient (Wildman–Crippen LogP) is 4.81. The van der Waals surface area contributed by atoms with Crippen molar-refractivity contribution in [3.8, 4) is 5.75 Å². The van der Waals surface area contributed by atoms with Gasteiger partial charge in [0.05, 0.1) is 23.2 Å². The normalized spacial score (nSPS) is 17.8. The number of likely N-dealkylation sites (tertiary alicyclic amines) is 1. The highest BCUT2D eigenvalue weighted by Crippen LogP contribution is 2.41. The average molecular weight is 471 g/mol. The summed E-state index contributed by atoms with van der Waals surface area (Å²) in [5.41, 5.74) is 2.08. The molecule has 1 saturated heterocycles. The van der Waals surface area contributed by atoms with Crippen LogP contribution in [0.25, 0.3) is 5.76 Å². The molecule has 0 bridgehead atoms. The van der Waals surface area contributed by atoms with Crippen molar-refractivity contribution in [3.05, 3.63) is 69.8 Å². The fourth-order valence-corrected chi connectivity index (χ4v) is 4.38. The third-order valence-corrected chi connectivity index (χ3v) is 6.28. The summed E-state index contributed by atoms with van der Waals surface area (Å²) in [5.74, 6) is -1.10. The zero-order valence-electron chi connectivity index (χ0n) is 19.6. The first-order valence-electron chi connectivity index (χ1n) is 11.3. The van der Waals surface area contributed by atoms with Gasteiger partial charge in [0.25, 0.3) is 11.7 Å². The summed E-state index contributed by atoms with van der Waals surface area (Å²) in [6.07, 6.45) is 0. The van der Waals surface area contributed by atoms with Crippen LogP contribution in [0, 0.1) is 6.92 Å². The van der Waals surface area contributed by atoms with E-state index >= 15 is 0 Å². The van der Waals surface area contributed by atoms with Gasteiger partial charge in [0.15, 0.2) is 0 Å². The van der Waals surface area contributed by atoms with Crippen LogP contribution in [0.5, 0.6) is 5.75 Å². The van der Waals surface area contributed by atoms with Gasteiger partial charge in [-0.3, -0.25) is 9.59 Å². The second-order valence-electron chi connectivity index (χ2n) is 8.01. The summed E-state index contributed by atoms with van der Waals surface area (Å²) in [4.78, 5) is 30.1. The predicted molar refractivity (Wildman–Crippen MR) is 131 cm³/mol. The zero-order chi connectivity index (χ0) is 24.1. The molecule has 0 aromatic heterocycles. The molecular weight excluding hydrogens is 440 g/mol. The van der Waals surface area contributed by atoms with Crippen LogP contribution in [0.15, 0.2) is 48.0 Å². The van der Waals surface area contributed by atoms with Gasteiger partial charge in [-0.25, -0.2) is 0 Å². The number of aryl methyl sites for hydroxylation is 1. The molecule has 6 nitrogen and oxygen atoms in total. The Morgan fingerprint density at radius 3 is 2.48 bits per heavy atom.